The second-order valence-electron chi connectivity index (χ2n) is 4.29. The normalized spacial score (nSPS) is 22.6. The van der Waals surface area contributed by atoms with Crippen LogP contribution in [0.15, 0.2) is 0 Å². The molecule has 3 nitrogen and oxygen atoms in total. The molecule has 0 saturated carbocycles. The molecule has 1 aliphatic rings. The molecule has 1 saturated heterocycles. The summed E-state index contributed by atoms with van der Waals surface area (Å²) in [4.78, 5) is 5.74. The van der Waals surface area contributed by atoms with Gasteiger partial charge in [0.2, 0.25) is 0 Å². The Morgan fingerprint density at radius 3 is 2.57 bits per heavy atom. The van der Waals surface area contributed by atoms with E-state index in [-0.39, 0.29) is 0 Å². The molecule has 1 rings (SSSR count). The van der Waals surface area contributed by atoms with Crippen LogP contribution in [0.4, 0.5) is 0 Å². The number of nitrogens with zero attached hydrogens (tertiary/aromatic N) is 2. The Morgan fingerprint density at radius 2 is 2.07 bits per heavy atom. The maximum absolute atomic E-state index is 5.29. The van der Waals surface area contributed by atoms with Crippen molar-refractivity contribution in [2.75, 3.05) is 47.3 Å². The molecule has 0 aromatic carbocycles. The number of rotatable bonds is 5. The fourth-order valence-corrected chi connectivity index (χ4v) is 1.86. The Morgan fingerprint density at radius 1 is 1.36 bits per heavy atom. The summed E-state index contributed by atoms with van der Waals surface area (Å²) < 4.78 is 0. The molecule has 1 atom stereocenters. The molecule has 14 heavy (non-hydrogen) atoms. The molecule has 0 radical (unpaired) electrons. The van der Waals surface area contributed by atoms with Crippen molar-refractivity contribution in [2.24, 2.45) is 0 Å². The lowest BCUT2D eigenvalue weighted by Crippen LogP contribution is -2.40. The first kappa shape index (κ1) is 12.0. The first-order valence-electron chi connectivity index (χ1n) is 5.19. The van der Waals surface area contributed by atoms with Crippen molar-refractivity contribution >= 4 is 17.1 Å². The van der Waals surface area contributed by atoms with Crippen LogP contribution in [0.1, 0.15) is 6.42 Å². The van der Waals surface area contributed by atoms with E-state index in [1.165, 1.54) is 4.86 Å². The molecule has 0 spiro atoms. The van der Waals surface area contributed by atoms with Crippen molar-refractivity contribution in [3.05, 3.63) is 0 Å². The summed E-state index contributed by atoms with van der Waals surface area (Å²) in [5.74, 6) is 0. The minimum atomic E-state index is 0.442. The van der Waals surface area contributed by atoms with Crippen LogP contribution in [-0.2, 0) is 0 Å². The minimum Gasteiger partial charge on any atom is -0.308 e. The van der Waals surface area contributed by atoms with Crippen LogP contribution in [0.5, 0.6) is 0 Å². The summed E-state index contributed by atoms with van der Waals surface area (Å²) in [6, 6.07) is 0.442. The molecule has 1 heterocycles. The first-order valence-corrected chi connectivity index (χ1v) is 5.60. The maximum atomic E-state index is 5.29. The fourth-order valence-electron chi connectivity index (χ4n) is 1.60. The largest absolute Gasteiger partial charge is 0.308 e. The van der Waals surface area contributed by atoms with Gasteiger partial charge in [0.25, 0.3) is 0 Å². The Bertz CT molecular complexity index is 194. The molecule has 0 bridgehead atoms. The van der Waals surface area contributed by atoms with Crippen molar-refractivity contribution in [2.45, 2.75) is 12.5 Å². The molecule has 82 valence electrons. The van der Waals surface area contributed by atoms with E-state index < -0.39 is 0 Å². The van der Waals surface area contributed by atoms with E-state index >= 15 is 0 Å². The van der Waals surface area contributed by atoms with Crippen molar-refractivity contribution in [1.29, 1.82) is 0 Å². The Balaban J connectivity index is 2.19. The van der Waals surface area contributed by atoms with Gasteiger partial charge in [0.15, 0.2) is 0 Å². The van der Waals surface area contributed by atoms with Gasteiger partial charge in [-0.25, -0.2) is 0 Å². The molecule has 1 fully saturated rings. The van der Waals surface area contributed by atoms with Gasteiger partial charge in [0.05, 0.1) is 6.04 Å². The van der Waals surface area contributed by atoms with Gasteiger partial charge in [0, 0.05) is 31.0 Å². The van der Waals surface area contributed by atoms with Gasteiger partial charge in [-0.2, -0.15) is 0 Å². The van der Waals surface area contributed by atoms with Crippen molar-refractivity contribution < 1.29 is 0 Å². The predicted octanol–water partition coefficient (Wildman–Crippen LogP) is 0.212. The van der Waals surface area contributed by atoms with Crippen LogP contribution < -0.4 is 5.32 Å². The lowest BCUT2D eigenvalue weighted by molar-refractivity contribution is 0.275. The lowest BCUT2D eigenvalue weighted by Gasteiger charge is -2.22. The molecule has 1 aliphatic heterocycles. The average Bonchev–Trinajstić information content (AvgIpc) is 2.49. The van der Waals surface area contributed by atoms with Crippen molar-refractivity contribution in [3.63, 3.8) is 0 Å². The van der Waals surface area contributed by atoms with E-state index in [4.69, 9.17) is 12.2 Å². The average molecular weight is 215 g/mol. The number of hydrogen-bond acceptors (Lipinski definition) is 4. The summed E-state index contributed by atoms with van der Waals surface area (Å²) in [6.07, 6.45) is 1.07. The quantitative estimate of drug-likeness (QED) is 0.661. The second-order valence-corrected chi connectivity index (χ2v) is 4.81. The van der Waals surface area contributed by atoms with Gasteiger partial charge in [-0.3, -0.25) is 0 Å². The Labute approximate surface area is 92.4 Å². The first-order chi connectivity index (χ1) is 6.59. The number of thiocarbonyl (C=S) groups is 1. The number of nitrogens with one attached hydrogen (secondary N) is 1. The van der Waals surface area contributed by atoms with Crippen LogP contribution in [-0.4, -0.2) is 68.0 Å². The lowest BCUT2D eigenvalue weighted by atomic mass is 10.2. The summed E-state index contributed by atoms with van der Waals surface area (Å²) in [5, 5.41) is 3.43. The third kappa shape index (κ3) is 4.00. The van der Waals surface area contributed by atoms with Gasteiger partial charge < -0.3 is 15.1 Å². The Hall–Kier alpha value is -0.0300. The zero-order valence-corrected chi connectivity index (χ0v) is 10.2. The highest BCUT2D eigenvalue weighted by molar-refractivity contribution is 7.80. The number of hydrogen-bond donors (Lipinski definition) is 1. The molecule has 0 aromatic rings. The summed E-state index contributed by atoms with van der Waals surface area (Å²) in [7, 11) is 6.37. The van der Waals surface area contributed by atoms with E-state index in [9.17, 15) is 0 Å². The third-order valence-corrected chi connectivity index (χ3v) is 3.06. The molecule has 0 aliphatic carbocycles. The zero-order chi connectivity index (χ0) is 10.6. The summed E-state index contributed by atoms with van der Waals surface area (Å²) in [6.45, 7) is 4.32. The summed E-state index contributed by atoms with van der Waals surface area (Å²) in [5.41, 5.74) is 0. The fraction of sp³-hybridized carbons (Fsp3) is 0.900. The van der Waals surface area contributed by atoms with Crippen LogP contribution in [0.2, 0.25) is 0 Å². The van der Waals surface area contributed by atoms with Gasteiger partial charge in [-0.05, 0) is 27.6 Å². The van der Waals surface area contributed by atoms with Gasteiger partial charge in [-0.1, -0.05) is 12.2 Å². The van der Waals surface area contributed by atoms with Crippen LogP contribution >= 0.6 is 12.2 Å². The smallest absolute Gasteiger partial charge is 0.0513 e. The van der Waals surface area contributed by atoms with Crippen molar-refractivity contribution in [1.82, 2.24) is 15.1 Å². The maximum Gasteiger partial charge on any atom is 0.0513 e. The highest BCUT2D eigenvalue weighted by atomic mass is 32.1. The molecule has 4 heteroatoms. The van der Waals surface area contributed by atoms with E-state index in [1.54, 1.807) is 0 Å². The highest BCUT2D eigenvalue weighted by Crippen LogP contribution is 2.04. The van der Waals surface area contributed by atoms with Gasteiger partial charge in [0.1, 0.15) is 0 Å². The van der Waals surface area contributed by atoms with Crippen molar-refractivity contribution in [3.8, 4) is 0 Å². The second kappa shape index (κ2) is 5.75. The zero-order valence-electron chi connectivity index (χ0n) is 9.42. The predicted molar refractivity (Wildman–Crippen MR) is 65.1 cm³/mol. The highest BCUT2D eigenvalue weighted by Gasteiger charge is 2.20. The van der Waals surface area contributed by atoms with E-state index in [2.05, 4.69) is 36.3 Å². The topological polar surface area (TPSA) is 18.5 Å². The SMILES string of the molecule is CN(C)CCN(C)CC1NCCC1=S. The Kier molecular flexibility index (Phi) is 4.95. The van der Waals surface area contributed by atoms with Crippen LogP contribution in [0.25, 0.3) is 0 Å². The standard InChI is InChI=1S/C10H21N3S/c1-12(2)6-7-13(3)8-9-10(14)4-5-11-9/h9,11H,4-8H2,1-3H3. The molecule has 0 amide bonds. The third-order valence-electron chi connectivity index (χ3n) is 2.57. The molecule has 0 aromatic heterocycles. The van der Waals surface area contributed by atoms with Gasteiger partial charge >= 0.3 is 0 Å². The molecule has 1 N–H and O–H groups in total. The molecule has 1 unspecified atom stereocenters. The van der Waals surface area contributed by atoms with Crippen LogP contribution in [0, 0.1) is 0 Å². The number of likely N-dealkylation sites (N-methyl/N-ethyl adjacent to an activating group) is 2. The summed E-state index contributed by atoms with van der Waals surface area (Å²) >= 11 is 5.29. The van der Waals surface area contributed by atoms with E-state index in [0.29, 0.717) is 6.04 Å². The molecular formula is C10H21N3S. The monoisotopic (exact) mass is 215 g/mol. The molecular weight excluding hydrogens is 194 g/mol. The van der Waals surface area contributed by atoms with E-state index in [0.717, 1.165) is 32.6 Å². The van der Waals surface area contributed by atoms with Crippen LogP contribution in [0.3, 0.4) is 0 Å². The van der Waals surface area contributed by atoms with Gasteiger partial charge in [-0.15, -0.1) is 0 Å². The van der Waals surface area contributed by atoms with E-state index in [1.807, 2.05) is 0 Å². The minimum absolute atomic E-state index is 0.442.